The van der Waals surface area contributed by atoms with Gasteiger partial charge in [0.05, 0.1) is 6.04 Å². The predicted octanol–water partition coefficient (Wildman–Crippen LogP) is 2.79. The van der Waals surface area contributed by atoms with E-state index in [0.29, 0.717) is 28.6 Å². The average molecular weight is 565 g/mol. The molecule has 38 heavy (non-hydrogen) atoms. The fraction of sp³-hybridized carbons (Fsp3) is 0.519. The summed E-state index contributed by atoms with van der Waals surface area (Å²) in [5.41, 5.74) is 0.220. The fourth-order valence-electron chi connectivity index (χ4n) is 4.14. The van der Waals surface area contributed by atoms with Crippen LogP contribution in [0.15, 0.2) is 24.3 Å². The van der Waals surface area contributed by atoms with Crippen LogP contribution in [0.4, 0.5) is 0 Å². The number of carbonyl (C=O) groups excluding carboxylic acids is 5. The van der Waals surface area contributed by atoms with Crippen LogP contribution in [0.3, 0.4) is 0 Å². The molecule has 0 spiro atoms. The van der Waals surface area contributed by atoms with Gasteiger partial charge in [-0.1, -0.05) is 50.0 Å². The monoisotopic (exact) mass is 564 g/mol. The molecule has 0 bridgehead atoms. The summed E-state index contributed by atoms with van der Waals surface area (Å²) in [7, 11) is 0. The highest BCUT2D eigenvalue weighted by Gasteiger charge is 2.37. The summed E-state index contributed by atoms with van der Waals surface area (Å²) < 4.78 is 0. The van der Waals surface area contributed by atoms with Gasteiger partial charge in [0.1, 0.15) is 6.04 Å². The van der Waals surface area contributed by atoms with Gasteiger partial charge in [-0.15, -0.1) is 0 Å². The number of ketones is 1. The minimum Gasteiger partial charge on any atom is -0.356 e. The van der Waals surface area contributed by atoms with Crippen molar-refractivity contribution in [3.8, 4) is 0 Å². The Labute approximate surface area is 232 Å². The van der Waals surface area contributed by atoms with Gasteiger partial charge in [0.15, 0.2) is 0 Å². The van der Waals surface area contributed by atoms with Crippen LogP contribution in [-0.4, -0.2) is 54.1 Å². The van der Waals surface area contributed by atoms with Crippen LogP contribution in [0.5, 0.6) is 0 Å². The van der Waals surface area contributed by atoms with Gasteiger partial charge in [0, 0.05) is 34.6 Å². The van der Waals surface area contributed by atoms with E-state index >= 15 is 0 Å². The summed E-state index contributed by atoms with van der Waals surface area (Å²) in [5.74, 6) is -3.45. The van der Waals surface area contributed by atoms with E-state index in [1.54, 1.807) is 18.2 Å². The lowest BCUT2D eigenvalue weighted by molar-refractivity contribution is -0.141. The molecule has 1 saturated carbocycles. The minimum absolute atomic E-state index is 0.000351. The maximum absolute atomic E-state index is 13.4. The molecule has 3 rings (SSSR count). The Kier molecular flexibility index (Phi) is 9.95. The molecule has 0 radical (unpaired) electrons. The van der Waals surface area contributed by atoms with E-state index in [1.165, 1.54) is 12.2 Å². The van der Waals surface area contributed by atoms with E-state index in [9.17, 15) is 24.0 Å². The lowest BCUT2D eigenvalue weighted by atomic mass is 9.87. The molecular weight excluding hydrogens is 531 g/mol. The molecule has 3 unspecified atom stereocenters. The molecule has 1 aromatic rings. The first-order valence-corrected chi connectivity index (χ1v) is 13.4. The van der Waals surface area contributed by atoms with Crippen molar-refractivity contribution in [3.05, 3.63) is 39.9 Å². The fourth-order valence-corrected chi connectivity index (χ4v) is 4.62. The Hall–Kier alpha value is -2.91. The molecule has 2 aliphatic rings. The number of Topliss-reactive ketones (excluding diaryl/α,β-unsaturated/α-hetero) is 1. The zero-order valence-corrected chi connectivity index (χ0v) is 23.2. The van der Waals surface area contributed by atoms with E-state index in [-0.39, 0.29) is 30.2 Å². The molecule has 3 atom stereocenters. The standard InChI is InChI=1S/C27H34Cl2N4O5/c1-27(2,3)14-21(32-22(34)9-5-15-4-6-17(28)13-19(15)29)25(37)33-20(12-16-10-11-30-24(16)36)23(35)26(38)31-18-7-8-18/h4-6,9,13,16,18,20-21H,7-8,10-12,14H2,1-3H3,(H,30,36)(H,31,38)(H,32,34)(H,33,37). The Morgan fingerprint density at radius 1 is 1.08 bits per heavy atom. The normalized spacial score (nSPS) is 19.0. The van der Waals surface area contributed by atoms with Crippen molar-refractivity contribution in [2.24, 2.45) is 11.3 Å². The van der Waals surface area contributed by atoms with Crippen molar-refractivity contribution in [2.45, 2.75) is 71.0 Å². The second-order valence-electron chi connectivity index (χ2n) is 11.0. The molecule has 1 aliphatic heterocycles. The van der Waals surface area contributed by atoms with Crippen molar-refractivity contribution < 1.29 is 24.0 Å². The number of hydrogen-bond acceptors (Lipinski definition) is 5. The Balaban J connectivity index is 1.74. The van der Waals surface area contributed by atoms with Gasteiger partial charge in [0.25, 0.3) is 5.91 Å². The van der Waals surface area contributed by atoms with Crippen LogP contribution >= 0.6 is 23.2 Å². The first-order chi connectivity index (χ1) is 17.8. The van der Waals surface area contributed by atoms with Crippen LogP contribution in [0, 0.1) is 11.3 Å². The maximum atomic E-state index is 13.4. The Morgan fingerprint density at radius 3 is 2.37 bits per heavy atom. The lowest BCUT2D eigenvalue weighted by Gasteiger charge is -2.28. The topological polar surface area (TPSA) is 133 Å². The van der Waals surface area contributed by atoms with Gasteiger partial charge in [-0.05, 0) is 61.3 Å². The van der Waals surface area contributed by atoms with Crippen molar-refractivity contribution in [1.29, 1.82) is 0 Å². The SMILES string of the molecule is CC(C)(C)CC(NC(=O)C=Cc1ccc(Cl)cc1Cl)C(=O)NC(CC1CCNC1=O)C(=O)C(=O)NC1CC1. The van der Waals surface area contributed by atoms with Gasteiger partial charge in [-0.3, -0.25) is 24.0 Å². The molecule has 2 fully saturated rings. The zero-order valence-electron chi connectivity index (χ0n) is 21.7. The molecule has 11 heteroatoms. The van der Waals surface area contributed by atoms with Crippen LogP contribution in [0.1, 0.15) is 58.4 Å². The average Bonchev–Trinajstić information content (AvgIpc) is 3.55. The molecule has 9 nitrogen and oxygen atoms in total. The number of amides is 4. The third-order valence-electron chi connectivity index (χ3n) is 6.28. The van der Waals surface area contributed by atoms with Gasteiger partial charge in [-0.25, -0.2) is 0 Å². The molecule has 1 aromatic carbocycles. The molecule has 1 heterocycles. The van der Waals surface area contributed by atoms with E-state index in [0.717, 1.165) is 12.8 Å². The zero-order chi connectivity index (χ0) is 28.0. The van der Waals surface area contributed by atoms with Crippen LogP contribution in [-0.2, 0) is 24.0 Å². The summed E-state index contributed by atoms with van der Waals surface area (Å²) in [6.45, 7) is 6.21. The first kappa shape index (κ1) is 29.6. The van der Waals surface area contributed by atoms with E-state index in [1.807, 2.05) is 20.8 Å². The molecule has 206 valence electrons. The number of carbonyl (C=O) groups is 5. The van der Waals surface area contributed by atoms with Gasteiger partial charge >= 0.3 is 0 Å². The molecule has 1 aliphatic carbocycles. The number of benzene rings is 1. The van der Waals surface area contributed by atoms with Crippen LogP contribution in [0.25, 0.3) is 6.08 Å². The Bertz CT molecular complexity index is 1130. The summed E-state index contributed by atoms with van der Waals surface area (Å²) in [4.78, 5) is 63.8. The molecule has 0 aromatic heterocycles. The van der Waals surface area contributed by atoms with E-state index in [4.69, 9.17) is 23.2 Å². The third kappa shape index (κ3) is 9.13. The largest absolute Gasteiger partial charge is 0.356 e. The quantitative estimate of drug-likeness (QED) is 0.242. The number of hydrogen-bond donors (Lipinski definition) is 4. The van der Waals surface area contributed by atoms with Gasteiger partial charge < -0.3 is 21.3 Å². The number of rotatable bonds is 11. The highest BCUT2D eigenvalue weighted by Crippen LogP contribution is 2.24. The molecule has 1 saturated heterocycles. The third-order valence-corrected chi connectivity index (χ3v) is 6.84. The maximum Gasteiger partial charge on any atom is 0.289 e. The minimum atomic E-state index is -1.20. The molecule has 4 amide bonds. The smallest absolute Gasteiger partial charge is 0.289 e. The second kappa shape index (κ2) is 12.8. The van der Waals surface area contributed by atoms with Crippen LogP contribution < -0.4 is 21.3 Å². The predicted molar refractivity (Wildman–Crippen MR) is 145 cm³/mol. The van der Waals surface area contributed by atoms with Crippen molar-refractivity contribution in [1.82, 2.24) is 21.3 Å². The summed E-state index contributed by atoms with van der Waals surface area (Å²) in [5, 5.41) is 11.5. The van der Waals surface area contributed by atoms with Crippen molar-refractivity contribution >= 4 is 58.7 Å². The first-order valence-electron chi connectivity index (χ1n) is 12.7. The number of nitrogens with one attached hydrogen (secondary N) is 4. The van der Waals surface area contributed by atoms with E-state index < -0.39 is 41.5 Å². The summed E-state index contributed by atoms with van der Waals surface area (Å²) in [6.07, 6.45) is 5.13. The molecular formula is C27H34Cl2N4O5. The lowest BCUT2D eigenvalue weighted by Crippen LogP contribution is -2.55. The second-order valence-corrected chi connectivity index (χ2v) is 11.9. The highest BCUT2D eigenvalue weighted by molar-refractivity contribution is 6.38. The Morgan fingerprint density at radius 2 is 1.79 bits per heavy atom. The van der Waals surface area contributed by atoms with Crippen LogP contribution in [0.2, 0.25) is 10.0 Å². The van der Waals surface area contributed by atoms with Gasteiger partial charge in [0.2, 0.25) is 23.5 Å². The van der Waals surface area contributed by atoms with Crippen molar-refractivity contribution in [3.63, 3.8) is 0 Å². The number of halogens is 2. The highest BCUT2D eigenvalue weighted by atomic mass is 35.5. The summed E-state index contributed by atoms with van der Waals surface area (Å²) >= 11 is 12.1. The van der Waals surface area contributed by atoms with Gasteiger partial charge in [-0.2, -0.15) is 0 Å². The van der Waals surface area contributed by atoms with E-state index in [2.05, 4.69) is 21.3 Å². The van der Waals surface area contributed by atoms with Crippen molar-refractivity contribution in [2.75, 3.05) is 6.54 Å². The summed E-state index contributed by atoms with van der Waals surface area (Å²) in [6, 6.07) is 2.63. The molecule has 4 N–H and O–H groups in total.